The Kier molecular flexibility index (Phi) is 2.08. The highest BCUT2D eigenvalue weighted by Crippen LogP contribution is 2.16. The topological polar surface area (TPSA) is 30.7 Å². The summed E-state index contributed by atoms with van der Waals surface area (Å²) in [6.45, 7) is 6.02. The first kappa shape index (κ1) is 8.94. The molecule has 0 aliphatic heterocycles. The van der Waals surface area contributed by atoms with Crippen LogP contribution < -0.4 is 0 Å². The second-order valence-corrected chi connectivity index (χ2v) is 3.42. The highest BCUT2D eigenvalue weighted by molar-refractivity contribution is 5.41. The molecular weight excluding hydrogens is 174 g/mol. The first-order valence-electron chi connectivity index (χ1n) is 4.65. The lowest BCUT2D eigenvalue weighted by Gasteiger charge is -2.08. The van der Waals surface area contributed by atoms with Gasteiger partial charge in [0.05, 0.1) is 5.69 Å². The van der Waals surface area contributed by atoms with Crippen LogP contribution >= 0.6 is 0 Å². The van der Waals surface area contributed by atoms with Gasteiger partial charge in [-0.1, -0.05) is 18.2 Å². The Hall–Kier alpha value is -1.64. The van der Waals surface area contributed by atoms with Gasteiger partial charge in [0.1, 0.15) is 11.6 Å². The van der Waals surface area contributed by atoms with E-state index in [1.165, 1.54) is 5.56 Å². The number of benzene rings is 1. The monoisotopic (exact) mass is 187 g/mol. The van der Waals surface area contributed by atoms with Crippen LogP contribution in [-0.4, -0.2) is 14.8 Å². The van der Waals surface area contributed by atoms with Crippen molar-refractivity contribution in [3.63, 3.8) is 0 Å². The van der Waals surface area contributed by atoms with Crippen molar-refractivity contribution in [3.05, 3.63) is 41.5 Å². The average Bonchev–Trinajstić information content (AvgIpc) is 2.48. The van der Waals surface area contributed by atoms with E-state index in [9.17, 15) is 0 Å². The maximum Gasteiger partial charge on any atom is 0.134 e. The van der Waals surface area contributed by atoms with Gasteiger partial charge in [0.15, 0.2) is 0 Å². The van der Waals surface area contributed by atoms with Crippen molar-refractivity contribution >= 4 is 0 Å². The van der Waals surface area contributed by atoms with Crippen LogP contribution in [0.4, 0.5) is 0 Å². The van der Waals surface area contributed by atoms with E-state index >= 15 is 0 Å². The SMILES string of the molecule is Cc1ccccc1-n1c(C)nnc1C. The lowest BCUT2D eigenvalue weighted by atomic mass is 10.2. The van der Waals surface area contributed by atoms with E-state index in [0.717, 1.165) is 17.3 Å². The minimum absolute atomic E-state index is 0.928. The molecule has 3 heteroatoms. The minimum atomic E-state index is 0.928. The third-order valence-corrected chi connectivity index (χ3v) is 2.34. The summed E-state index contributed by atoms with van der Waals surface area (Å²) in [7, 11) is 0. The first-order chi connectivity index (χ1) is 6.70. The van der Waals surface area contributed by atoms with Crippen LogP contribution in [0.2, 0.25) is 0 Å². The van der Waals surface area contributed by atoms with E-state index in [1.807, 2.05) is 26.0 Å². The lowest BCUT2D eigenvalue weighted by Crippen LogP contribution is -2.01. The fourth-order valence-electron chi connectivity index (χ4n) is 1.63. The molecule has 0 radical (unpaired) electrons. The van der Waals surface area contributed by atoms with Gasteiger partial charge in [0.25, 0.3) is 0 Å². The Bertz CT molecular complexity index is 438. The summed E-state index contributed by atoms with van der Waals surface area (Å²) < 4.78 is 2.06. The summed E-state index contributed by atoms with van der Waals surface area (Å²) in [5, 5.41) is 8.09. The van der Waals surface area contributed by atoms with E-state index < -0.39 is 0 Å². The molecule has 0 bridgehead atoms. The molecule has 0 spiro atoms. The molecule has 2 aromatic rings. The smallest absolute Gasteiger partial charge is 0.134 e. The van der Waals surface area contributed by atoms with Crippen LogP contribution in [0.15, 0.2) is 24.3 Å². The zero-order valence-corrected chi connectivity index (χ0v) is 8.65. The van der Waals surface area contributed by atoms with Gasteiger partial charge in [-0.25, -0.2) is 0 Å². The van der Waals surface area contributed by atoms with Crippen LogP contribution in [0.5, 0.6) is 0 Å². The second-order valence-electron chi connectivity index (χ2n) is 3.42. The maximum absolute atomic E-state index is 4.05. The normalized spacial score (nSPS) is 10.5. The Morgan fingerprint density at radius 2 is 1.50 bits per heavy atom. The lowest BCUT2D eigenvalue weighted by molar-refractivity contribution is 0.928. The molecule has 1 heterocycles. The molecule has 0 aliphatic rings. The van der Waals surface area contributed by atoms with Gasteiger partial charge in [0.2, 0.25) is 0 Å². The largest absolute Gasteiger partial charge is 0.283 e. The van der Waals surface area contributed by atoms with E-state index in [4.69, 9.17) is 0 Å². The van der Waals surface area contributed by atoms with Gasteiger partial charge in [-0.05, 0) is 32.4 Å². The molecule has 1 aromatic carbocycles. The number of hydrogen-bond acceptors (Lipinski definition) is 2. The highest BCUT2D eigenvalue weighted by Gasteiger charge is 2.07. The van der Waals surface area contributed by atoms with Gasteiger partial charge < -0.3 is 0 Å². The average molecular weight is 187 g/mol. The molecule has 0 amide bonds. The van der Waals surface area contributed by atoms with Crippen molar-refractivity contribution in [2.75, 3.05) is 0 Å². The summed E-state index contributed by atoms with van der Waals surface area (Å²) in [4.78, 5) is 0. The summed E-state index contributed by atoms with van der Waals surface area (Å²) >= 11 is 0. The van der Waals surface area contributed by atoms with Crippen molar-refractivity contribution in [3.8, 4) is 5.69 Å². The molecule has 0 atom stereocenters. The van der Waals surface area contributed by atoms with Gasteiger partial charge in [-0.15, -0.1) is 10.2 Å². The predicted molar refractivity (Wildman–Crippen MR) is 55.6 cm³/mol. The predicted octanol–water partition coefficient (Wildman–Crippen LogP) is 2.19. The Morgan fingerprint density at radius 3 is 2.07 bits per heavy atom. The van der Waals surface area contributed by atoms with Gasteiger partial charge in [-0.3, -0.25) is 4.57 Å². The summed E-state index contributed by atoms with van der Waals surface area (Å²) in [5.74, 6) is 1.86. The molecule has 0 saturated heterocycles. The maximum atomic E-state index is 4.05. The van der Waals surface area contributed by atoms with E-state index in [1.54, 1.807) is 0 Å². The molecule has 0 N–H and O–H groups in total. The van der Waals surface area contributed by atoms with Gasteiger partial charge in [0, 0.05) is 0 Å². The van der Waals surface area contributed by atoms with Crippen molar-refractivity contribution in [1.29, 1.82) is 0 Å². The van der Waals surface area contributed by atoms with E-state index in [2.05, 4.69) is 33.8 Å². The molecule has 2 rings (SSSR count). The summed E-state index contributed by atoms with van der Waals surface area (Å²) in [6.07, 6.45) is 0. The van der Waals surface area contributed by atoms with Crippen molar-refractivity contribution in [2.24, 2.45) is 0 Å². The third-order valence-electron chi connectivity index (χ3n) is 2.34. The van der Waals surface area contributed by atoms with E-state index in [0.29, 0.717) is 0 Å². The minimum Gasteiger partial charge on any atom is -0.283 e. The summed E-state index contributed by atoms with van der Waals surface area (Å²) in [5.41, 5.74) is 2.39. The molecule has 0 saturated carbocycles. The molecule has 0 fully saturated rings. The molecule has 14 heavy (non-hydrogen) atoms. The number of rotatable bonds is 1. The molecule has 1 aromatic heterocycles. The molecule has 0 aliphatic carbocycles. The quantitative estimate of drug-likeness (QED) is 0.685. The Labute approximate surface area is 83.4 Å². The summed E-state index contributed by atoms with van der Waals surface area (Å²) in [6, 6.07) is 8.24. The second kappa shape index (κ2) is 3.25. The number of para-hydroxylation sites is 1. The van der Waals surface area contributed by atoms with Crippen molar-refractivity contribution in [2.45, 2.75) is 20.8 Å². The molecular formula is C11H13N3. The number of nitrogens with zero attached hydrogens (tertiary/aromatic N) is 3. The van der Waals surface area contributed by atoms with E-state index in [-0.39, 0.29) is 0 Å². The Balaban J connectivity index is 2.66. The number of aryl methyl sites for hydroxylation is 3. The zero-order valence-electron chi connectivity index (χ0n) is 8.65. The zero-order chi connectivity index (χ0) is 10.1. The standard InChI is InChI=1S/C11H13N3/c1-8-6-4-5-7-11(8)14-9(2)12-13-10(14)3/h4-7H,1-3H3. The third kappa shape index (κ3) is 1.31. The van der Waals surface area contributed by atoms with Crippen molar-refractivity contribution < 1.29 is 0 Å². The van der Waals surface area contributed by atoms with Crippen molar-refractivity contribution in [1.82, 2.24) is 14.8 Å². The van der Waals surface area contributed by atoms with Crippen LogP contribution in [0.1, 0.15) is 17.2 Å². The van der Waals surface area contributed by atoms with Crippen LogP contribution in [0, 0.1) is 20.8 Å². The molecule has 3 nitrogen and oxygen atoms in total. The van der Waals surface area contributed by atoms with Crippen LogP contribution in [0.3, 0.4) is 0 Å². The highest BCUT2D eigenvalue weighted by atomic mass is 15.3. The Morgan fingerprint density at radius 1 is 0.929 bits per heavy atom. The number of hydrogen-bond donors (Lipinski definition) is 0. The van der Waals surface area contributed by atoms with Gasteiger partial charge >= 0.3 is 0 Å². The van der Waals surface area contributed by atoms with Crippen LogP contribution in [0.25, 0.3) is 5.69 Å². The van der Waals surface area contributed by atoms with Crippen LogP contribution in [-0.2, 0) is 0 Å². The van der Waals surface area contributed by atoms with Gasteiger partial charge in [-0.2, -0.15) is 0 Å². The number of aromatic nitrogens is 3. The fraction of sp³-hybridized carbons (Fsp3) is 0.273. The molecule has 72 valence electrons. The fourth-order valence-corrected chi connectivity index (χ4v) is 1.63. The first-order valence-corrected chi connectivity index (χ1v) is 4.65. The molecule has 0 unspecified atom stereocenters.